The van der Waals surface area contributed by atoms with Crippen LogP contribution >= 0.6 is 0 Å². The molecule has 1 nitrogen and oxygen atoms in total. The molecule has 92 valence electrons. The van der Waals surface area contributed by atoms with Gasteiger partial charge in [-0.3, -0.25) is 0 Å². The molecule has 0 radical (unpaired) electrons. The second-order valence-electron chi connectivity index (χ2n) is 3.98. The molecule has 0 rings (SSSR count). The molecule has 0 unspecified atom stereocenters. The van der Waals surface area contributed by atoms with Crippen molar-refractivity contribution in [3.63, 3.8) is 0 Å². The second-order valence-corrected chi connectivity index (χ2v) is 3.98. The van der Waals surface area contributed by atoms with Gasteiger partial charge < -0.3 is 4.90 Å². The highest BCUT2D eigenvalue weighted by Gasteiger charge is 1.98. The van der Waals surface area contributed by atoms with Crippen LogP contribution in [0.15, 0.2) is 72.5 Å². The standard InChI is InChI=1S/C16H23N/c1-7-10-11-16(12-14(4)8-2)15(9-3)13-17(5)6/h7-13H,1,3H2,2,4-6H3/b11-10-,14-8-,15-13+,16-12+. The predicted molar refractivity (Wildman–Crippen MR) is 78.8 cm³/mol. The lowest BCUT2D eigenvalue weighted by atomic mass is 10.0. The molecular weight excluding hydrogens is 206 g/mol. The summed E-state index contributed by atoms with van der Waals surface area (Å²) in [6.07, 6.45) is 13.9. The number of rotatable bonds is 6. The van der Waals surface area contributed by atoms with E-state index in [2.05, 4.69) is 38.4 Å². The minimum absolute atomic E-state index is 1.09. The van der Waals surface area contributed by atoms with Gasteiger partial charge in [0.15, 0.2) is 0 Å². The highest BCUT2D eigenvalue weighted by atomic mass is 15.0. The highest BCUT2D eigenvalue weighted by Crippen LogP contribution is 2.16. The molecule has 0 aliphatic rings. The van der Waals surface area contributed by atoms with Crippen molar-refractivity contribution in [2.45, 2.75) is 13.8 Å². The van der Waals surface area contributed by atoms with Crippen molar-refractivity contribution in [1.29, 1.82) is 0 Å². The lowest BCUT2D eigenvalue weighted by Gasteiger charge is -2.10. The molecule has 0 saturated carbocycles. The Bertz CT molecular complexity index is 376. The third-order valence-corrected chi connectivity index (χ3v) is 2.20. The van der Waals surface area contributed by atoms with Gasteiger partial charge in [-0.1, -0.05) is 55.2 Å². The molecule has 0 fully saturated rings. The van der Waals surface area contributed by atoms with Gasteiger partial charge in [-0.25, -0.2) is 0 Å². The Morgan fingerprint density at radius 1 is 1.12 bits per heavy atom. The largest absolute Gasteiger partial charge is 0.383 e. The summed E-state index contributed by atoms with van der Waals surface area (Å²) in [4.78, 5) is 2.01. The zero-order valence-electron chi connectivity index (χ0n) is 11.4. The quantitative estimate of drug-likeness (QED) is 0.615. The lowest BCUT2D eigenvalue weighted by molar-refractivity contribution is 0.561. The average Bonchev–Trinajstić information content (AvgIpc) is 2.30. The van der Waals surface area contributed by atoms with Gasteiger partial charge in [-0.15, -0.1) is 0 Å². The van der Waals surface area contributed by atoms with Crippen molar-refractivity contribution >= 4 is 0 Å². The zero-order chi connectivity index (χ0) is 13.3. The first-order valence-corrected chi connectivity index (χ1v) is 5.70. The van der Waals surface area contributed by atoms with Crippen LogP contribution in [-0.4, -0.2) is 19.0 Å². The topological polar surface area (TPSA) is 3.24 Å². The molecule has 0 aromatic rings. The maximum absolute atomic E-state index is 3.86. The summed E-state index contributed by atoms with van der Waals surface area (Å²) in [6, 6.07) is 0. The van der Waals surface area contributed by atoms with Gasteiger partial charge in [0.1, 0.15) is 0 Å². The predicted octanol–water partition coefficient (Wildman–Crippen LogP) is 4.25. The van der Waals surface area contributed by atoms with E-state index in [0.29, 0.717) is 0 Å². The average molecular weight is 229 g/mol. The van der Waals surface area contributed by atoms with E-state index in [1.54, 1.807) is 6.08 Å². The van der Waals surface area contributed by atoms with Gasteiger partial charge in [0.05, 0.1) is 0 Å². The number of nitrogens with zero attached hydrogens (tertiary/aromatic N) is 1. The van der Waals surface area contributed by atoms with Crippen LogP contribution in [0.2, 0.25) is 0 Å². The molecule has 17 heavy (non-hydrogen) atoms. The summed E-state index contributed by atoms with van der Waals surface area (Å²) in [7, 11) is 4.00. The third-order valence-electron chi connectivity index (χ3n) is 2.20. The molecule has 0 aliphatic heterocycles. The molecule has 0 aliphatic carbocycles. The van der Waals surface area contributed by atoms with Gasteiger partial charge in [0, 0.05) is 20.3 Å². The highest BCUT2D eigenvalue weighted by molar-refractivity contribution is 5.49. The monoisotopic (exact) mass is 229 g/mol. The van der Waals surface area contributed by atoms with Crippen molar-refractivity contribution in [2.75, 3.05) is 14.1 Å². The molecule has 0 N–H and O–H groups in total. The van der Waals surface area contributed by atoms with Crippen LogP contribution in [0.4, 0.5) is 0 Å². The summed E-state index contributed by atoms with van der Waals surface area (Å²) >= 11 is 0. The lowest BCUT2D eigenvalue weighted by Crippen LogP contribution is -2.03. The van der Waals surface area contributed by atoms with Crippen molar-refractivity contribution in [3.8, 4) is 0 Å². The molecule has 0 atom stereocenters. The number of hydrogen-bond donors (Lipinski definition) is 0. The van der Waals surface area contributed by atoms with Gasteiger partial charge in [0.25, 0.3) is 0 Å². The molecule has 0 amide bonds. The van der Waals surface area contributed by atoms with E-state index in [9.17, 15) is 0 Å². The Kier molecular flexibility index (Phi) is 7.53. The van der Waals surface area contributed by atoms with Gasteiger partial charge >= 0.3 is 0 Å². The Morgan fingerprint density at radius 3 is 2.18 bits per heavy atom. The summed E-state index contributed by atoms with van der Waals surface area (Å²) in [5.74, 6) is 0. The van der Waals surface area contributed by atoms with E-state index in [1.165, 1.54) is 5.57 Å². The van der Waals surface area contributed by atoms with E-state index in [1.807, 2.05) is 44.1 Å². The number of hydrogen-bond acceptors (Lipinski definition) is 1. The van der Waals surface area contributed by atoms with Crippen LogP contribution in [0.1, 0.15) is 13.8 Å². The molecular formula is C16H23N. The van der Waals surface area contributed by atoms with E-state index in [-0.39, 0.29) is 0 Å². The van der Waals surface area contributed by atoms with Gasteiger partial charge in [-0.05, 0) is 25.0 Å². The smallest absolute Gasteiger partial charge is 0.00645 e. The van der Waals surface area contributed by atoms with E-state index >= 15 is 0 Å². The van der Waals surface area contributed by atoms with Gasteiger partial charge in [-0.2, -0.15) is 0 Å². The molecule has 1 heteroatoms. The molecule has 0 bridgehead atoms. The van der Waals surface area contributed by atoms with Crippen LogP contribution in [0, 0.1) is 0 Å². The Hall–Kier alpha value is -1.76. The van der Waals surface area contributed by atoms with Crippen LogP contribution in [0.5, 0.6) is 0 Å². The van der Waals surface area contributed by atoms with E-state index in [4.69, 9.17) is 0 Å². The first kappa shape index (κ1) is 15.2. The Morgan fingerprint density at radius 2 is 1.76 bits per heavy atom. The molecule has 0 saturated heterocycles. The van der Waals surface area contributed by atoms with Crippen molar-refractivity contribution in [3.05, 3.63) is 72.5 Å². The van der Waals surface area contributed by atoms with Crippen molar-refractivity contribution < 1.29 is 0 Å². The summed E-state index contributed by atoms with van der Waals surface area (Å²) in [5.41, 5.74) is 3.44. The van der Waals surface area contributed by atoms with Crippen molar-refractivity contribution in [2.24, 2.45) is 0 Å². The Balaban J connectivity index is 5.44. The van der Waals surface area contributed by atoms with Crippen LogP contribution in [0.25, 0.3) is 0 Å². The molecule has 0 aromatic heterocycles. The first-order valence-electron chi connectivity index (χ1n) is 5.70. The fraction of sp³-hybridized carbons (Fsp3) is 0.250. The van der Waals surface area contributed by atoms with Crippen molar-refractivity contribution in [1.82, 2.24) is 4.90 Å². The summed E-state index contributed by atoms with van der Waals surface area (Å²) in [6.45, 7) is 11.7. The fourth-order valence-corrected chi connectivity index (χ4v) is 1.25. The SMILES string of the molecule is C=C\C=C/C(=C\C(C)=C/C)C(/C=C)=C/N(C)C. The Labute approximate surface area is 106 Å². The normalized spacial score (nSPS) is 14.0. The minimum Gasteiger partial charge on any atom is -0.383 e. The summed E-state index contributed by atoms with van der Waals surface area (Å²) in [5, 5.41) is 0. The maximum Gasteiger partial charge on any atom is 0.00645 e. The molecule has 0 spiro atoms. The fourth-order valence-electron chi connectivity index (χ4n) is 1.25. The molecule has 0 aromatic carbocycles. The second kappa shape index (κ2) is 8.40. The van der Waals surface area contributed by atoms with E-state index < -0.39 is 0 Å². The van der Waals surface area contributed by atoms with E-state index in [0.717, 1.165) is 11.1 Å². The van der Waals surface area contributed by atoms with Crippen LogP contribution in [-0.2, 0) is 0 Å². The van der Waals surface area contributed by atoms with Crippen LogP contribution in [0.3, 0.4) is 0 Å². The minimum atomic E-state index is 1.09. The maximum atomic E-state index is 3.86. The number of allylic oxidation sites excluding steroid dienone is 9. The summed E-state index contributed by atoms with van der Waals surface area (Å²) < 4.78 is 0. The molecule has 0 heterocycles. The zero-order valence-corrected chi connectivity index (χ0v) is 11.4. The third kappa shape index (κ3) is 6.41. The van der Waals surface area contributed by atoms with Gasteiger partial charge in [0.2, 0.25) is 0 Å². The first-order chi connectivity index (χ1) is 8.04. The van der Waals surface area contributed by atoms with Crippen LogP contribution < -0.4 is 0 Å².